The number of hydrogen-bond acceptors (Lipinski definition) is 6. The number of hydrogen-bond donors (Lipinski definition) is 2. The van der Waals surface area contributed by atoms with Crippen LogP contribution in [0.25, 0.3) is 10.9 Å². The molecule has 2 bridgehead atoms. The first kappa shape index (κ1) is 26.3. The van der Waals surface area contributed by atoms with Gasteiger partial charge in [0.05, 0.1) is 30.1 Å². The molecular formula is C31H38N2O6S. The van der Waals surface area contributed by atoms with Crippen LogP contribution in [-0.2, 0) is 34.9 Å². The summed E-state index contributed by atoms with van der Waals surface area (Å²) in [4.78, 5) is 2.64. The van der Waals surface area contributed by atoms with Crippen LogP contribution >= 0.6 is 0 Å². The second kappa shape index (κ2) is 8.95. The standard InChI is InChI=1S/C30H34N2O3.CH4O3S/c1-3-13-32-22-7-5-4-6-20(22)21-16-30(33)24-15-19-10-11-23(34-2)27-25(19)29(30,28(35-27)26(21)32)12-14-31(24)17-18-8-9-18;1-5(2,3)4/h4-7,10-11,18,24,28,33H,3,8-9,12-17H2,1-2H3;1H3,(H,2,3,4)/t24-,28+,29+,30-;/m1./s1. The monoisotopic (exact) mass is 566 g/mol. The highest BCUT2D eigenvalue weighted by atomic mass is 32.2. The van der Waals surface area contributed by atoms with Crippen molar-refractivity contribution < 1.29 is 27.6 Å². The quantitative estimate of drug-likeness (QED) is 0.445. The van der Waals surface area contributed by atoms with Crippen LogP contribution in [0.4, 0.5) is 0 Å². The van der Waals surface area contributed by atoms with Crippen molar-refractivity contribution in [3.05, 3.63) is 58.8 Å². The van der Waals surface area contributed by atoms with E-state index in [0.29, 0.717) is 12.7 Å². The molecule has 1 aromatic heterocycles. The van der Waals surface area contributed by atoms with Gasteiger partial charge in [0.25, 0.3) is 10.1 Å². The van der Waals surface area contributed by atoms with Crippen molar-refractivity contribution in [1.82, 2.24) is 9.47 Å². The molecule has 1 saturated heterocycles. The van der Waals surface area contributed by atoms with E-state index in [9.17, 15) is 13.5 Å². The Morgan fingerprint density at radius 2 is 1.93 bits per heavy atom. The summed E-state index contributed by atoms with van der Waals surface area (Å²) in [6.07, 6.45) is 6.78. The Morgan fingerprint density at radius 3 is 2.62 bits per heavy atom. The smallest absolute Gasteiger partial charge is 0.261 e. The van der Waals surface area contributed by atoms with Gasteiger partial charge in [-0.3, -0.25) is 9.45 Å². The maximum atomic E-state index is 13.1. The zero-order valence-electron chi connectivity index (χ0n) is 23.4. The van der Waals surface area contributed by atoms with Gasteiger partial charge in [-0.1, -0.05) is 31.2 Å². The fourth-order valence-electron chi connectivity index (χ4n) is 8.42. The normalized spacial score (nSPS) is 29.7. The van der Waals surface area contributed by atoms with Gasteiger partial charge in [-0.15, -0.1) is 0 Å². The molecule has 2 aliphatic heterocycles. The van der Waals surface area contributed by atoms with Crippen molar-refractivity contribution in [3.63, 3.8) is 0 Å². The van der Waals surface area contributed by atoms with Crippen LogP contribution in [0.3, 0.4) is 0 Å². The second-order valence-electron chi connectivity index (χ2n) is 12.4. The van der Waals surface area contributed by atoms with Gasteiger partial charge >= 0.3 is 0 Å². The Bertz CT molecular complexity index is 1600. The van der Waals surface area contributed by atoms with Crippen LogP contribution in [0.1, 0.15) is 61.1 Å². The predicted molar refractivity (Wildman–Crippen MR) is 153 cm³/mol. The van der Waals surface area contributed by atoms with E-state index < -0.39 is 21.1 Å². The number of benzene rings is 2. The molecule has 2 fully saturated rings. The van der Waals surface area contributed by atoms with Gasteiger partial charge in [0.15, 0.2) is 17.6 Å². The number of aliphatic hydroxyl groups is 1. The minimum absolute atomic E-state index is 0.122. The van der Waals surface area contributed by atoms with Gasteiger partial charge in [-0.25, -0.2) is 0 Å². The van der Waals surface area contributed by atoms with Gasteiger partial charge in [0.2, 0.25) is 0 Å². The average molecular weight is 567 g/mol. The molecule has 3 heterocycles. The number of methoxy groups -OCH3 is 1. The lowest BCUT2D eigenvalue weighted by molar-refractivity contribution is -0.173. The molecule has 40 heavy (non-hydrogen) atoms. The lowest BCUT2D eigenvalue weighted by Crippen LogP contribution is -2.74. The third-order valence-electron chi connectivity index (χ3n) is 9.98. The van der Waals surface area contributed by atoms with Crippen LogP contribution in [0, 0.1) is 5.92 Å². The van der Waals surface area contributed by atoms with Crippen molar-refractivity contribution in [3.8, 4) is 11.5 Å². The topological polar surface area (TPSA) is 101 Å². The first-order chi connectivity index (χ1) is 19.1. The molecule has 2 aromatic carbocycles. The van der Waals surface area contributed by atoms with E-state index in [-0.39, 0.29) is 12.1 Å². The number of fused-ring (bicyclic) bond motifs is 4. The van der Waals surface area contributed by atoms with E-state index in [4.69, 9.17) is 14.0 Å². The highest BCUT2D eigenvalue weighted by molar-refractivity contribution is 7.85. The summed E-state index contributed by atoms with van der Waals surface area (Å²) in [5.41, 5.74) is 5.16. The van der Waals surface area contributed by atoms with Crippen molar-refractivity contribution in [2.75, 3.05) is 26.5 Å². The molecule has 214 valence electrons. The first-order valence-corrected chi connectivity index (χ1v) is 16.3. The van der Waals surface area contributed by atoms with Gasteiger partial charge in [0.1, 0.15) is 0 Å². The number of nitrogens with zero attached hydrogens (tertiary/aromatic N) is 2. The van der Waals surface area contributed by atoms with E-state index in [1.807, 2.05) is 0 Å². The highest BCUT2D eigenvalue weighted by Gasteiger charge is 2.73. The minimum atomic E-state index is -3.67. The molecular weight excluding hydrogens is 528 g/mol. The summed E-state index contributed by atoms with van der Waals surface area (Å²) in [6.45, 7) is 5.36. The van der Waals surface area contributed by atoms with Crippen LogP contribution < -0.4 is 9.47 Å². The van der Waals surface area contributed by atoms with Crippen LogP contribution in [0.15, 0.2) is 36.4 Å². The summed E-state index contributed by atoms with van der Waals surface area (Å²) in [5.74, 6) is 2.49. The Balaban J connectivity index is 0.000000490. The maximum Gasteiger partial charge on any atom is 0.261 e. The Morgan fingerprint density at radius 1 is 1.18 bits per heavy atom. The molecule has 8 rings (SSSR count). The average Bonchev–Trinajstić information content (AvgIpc) is 3.58. The molecule has 4 atom stereocenters. The van der Waals surface area contributed by atoms with E-state index in [1.165, 1.54) is 46.1 Å². The second-order valence-corrected chi connectivity index (χ2v) is 13.8. The lowest BCUT2D eigenvalue weighted by Gasteiger charge is -2.63. The predicted octanol–water partition coefficient (Wildman–Crippen LogP) is 4.26. The third kappa shape index (κ3) is 3.63. The number of aryl methyl sites for hydroxylation is 1. The summed E-state index contributed by atoms with van der Waals surface area (Å²) in [5, 5.41) is 14.3. The number of likely N-dealkylation sites (tertiary alicyclic amines) is 1. The first-order valence-electron chi connectivity index (χ1n) is 14.5. The van der Waals surface area contributed by atoms with E-state index in [2.05, 4.69) is 52.8 Å². The van der Waals surface area contributed by atoms with Gasteiger partial charge < -0.3 is 19.1 Å². The summed E-state index contributed by atoms with van der Waals surface area (Å²) >= 11 is 0. The SMILES string of the molecule is CCCn1c2c(c3ccccc31)C[C@@]1(O)[C@H]3Cc4ccc(OC)c5c4[C@@]1(CCN3CC1CC1)[C@H]2O5.CS(=O)(=O)O. The molecule has 0 unspecified atom stereocenters. The third-order valence-corrected chi connectivity index (χ3v) is 9.98. The van der Waals surface area contributed by atoms with Gasteiger partial charge in [-0.05, 0) is 67.8 Å². The van der Waals surface area contributed by atoms with Crippen LogP contribution in [-0.4, -0.2) is 65.6 Å². The van der Waals surface area contributed by atoms with Gasteiger partial charge in [0, 0.05) is 42.0 Å². The number of para-hydroxylation sites is 1. The van der Waals surface area contributed by atoms with Crippen molar-refractivity contribution in [2.45, 2.75) is 75.2 Å². The van der Waals surface area contributed by atoms with Gasteiger partial charge in [-0.2, -0.15) is 8.42 Å². The van der Waals surface area contributed by atoms with E-state index >= 15 is 0 Å². The Hall–Kier alpha value is -2.59. The van der Waals surface area contributed by atoms with Crippen molar-refractivity contribution in [2.24, 2.45) is 5.92 Å². The molecule has 1 saturated carbocycles. The van der Waals surface area contributed by atoms with Crippen molar-refractivity contribution >= 4 is 21.0 Å². The summed E-state index contributed by atoms with van der Waals surface area (Å²) in [7, 11) is -1.93. The summed E-state index contributed by atoms with van der Waals surface area (Å²) in [6, 6.07) is 13.2. The maximum absolute atomic E-state index is 13.1. The fraction of sp³-hybridized carbons (Fsp3) is 0.548. The Labute approximate surface area is 235 Å². The summed E-state index contributed by atoms with van der Waals surface area (Å²) < 4.78 is 41.2. The molecule has 3 aliphatic carbocycles. The fourth-order valence-corrected chi connectivity index (χ4v) is 8.42. The van der Waals surface area contributed by atoms with Crippen molar-refractivity contribution in [1.29, 1.82) is 0 Å². The number of piperidine rings is 1. The minimum Gasteiger partial charge on any atom is -0.493 e. The number of ether oxygens (including phenoxy) is 2. The zero-order chi connectivity index (χ0) is 28.0. The number of rotatable bonds is 5. The molecule has 0 radical (unpaired) electrons. The molecule has 5 aliphatic rings. The van der Waals surface area contributed by atoms with E-state index in [1.54, 1.807) is 7.11 Å². The van der Waals surface area contributed by atoms with Crippen LogP contribution in [0.2, 0.25) is 0 Å². The lowest BCUT2D eigenvalue weighted by atomic mass is 9.49. The molecule has 9 heteroatoms. The molecule has 1 spiro atoms. The Kier molecular flexibility index (Phi) is 5.89. The van der Waals surface area contributed by atoms with E-state index in [0.717, 1.165) is 56.3 Å². The number of aromatic nitrogens is 1. The van der Waals surface area contributed by atoms with Crippen LogP contribution in [0.5, 0.6) is 11.5 Å². The largest absolute Gasteiger partial charge is 0.493 e. The highest BCUT2D eigenvalue weighted by Crippen LogP contribution is 2.69. The zero-order valence-corrected chi connectivity index (χ0v) is 24.2. The molecule has 0 amide bonds. The molecule has 2 N–H and O–H groups in total. The molecule has 8 nitrogen and oxygen atoms in total. The molecule has 3 aromatic rings.